The molecule has 3 nitrogen and oxygen atoms in total. The van der Waals surface area contributed by atoms with Crippen molar-refractivity contribution in [3.63, 3.8) is 0 Å². The molecular weight excluding hydrogens is 228 g/mol. The van der Waals surface area contributed by atoms with Gasteiger partial charge in [0, 0.05) is 0 Å². The molecule has 0 aliphatic carbocycles. The summed E-state index contributed by atoms with van der Waals surface area (Å²) in [6, 6.07) is 5.99. The largest absolute Gasteiger partial charge is 0.490 e. The first-order valence-corrected chi connectivity index (χ1v) is 6.77. The zero-order valence-electron chi connectivity index (χ0n) is 11.6. The summed E-state index contributed by atoms with van der Waals surface area (Å²) in [4.78, 5) is 0. The molecule has 1 rings (SSSR count). The molecule has 0 aliphatic heterocycles. The van der Waals surface area contributed by atoms with Crippen LogP contribution < -0.4 is 9.47 Å². The standard InChI is InChI=1S/C15H24O3/c1-4-13(16)9-7-12-8-10-14(17-5-2)15(11-12)18-6-3/h8,10-11,13,16H,4-7,9H2,1-3H3. The van der Waals surface area contributed by atoms with E-state index in [0.29, 0.717) is 13.2 Å². The van der Waals surface area contributed by atoms with Crippen molar-refractivity contribution < 1.29 is 14.6 Å². The summed E-state index contributed by atoms with van der Waals surface area (Å²) in [5.74, 6) is 1.59. The third-order valence-electron chi connectivity index (χ3n) is 2.85. The van der Waals surface area contributed by atoms with E-state index in [1.165, 1.54) is 5.56 Å². The van der Waals surface area contributed by atoms with Crippen LogP contribution in [0.2, 0.25) is 0 Å². The number of hydrogen-bond donors (Lipinski definition) is 1. The van der Waals surface area contributed by atoms with Gasteiger partial charge in [0.1, 0.15) is 0 Å². The second-order valence-electron chi connectivity index (χ2n) is 4.25. The Hall–Kier alpha value is -1.22. The average molecular weight is 252 g/mol. The Morgan fingerprint density at radius 2 is 1.72 bits per heavy atom. The summed E-state index contributed by atoms with van der Waals surface area (Å²) in [5, 5.41) is 9.57. The molecule has 0 heterocycles. The molecule has 0 saturated carbocycles. The normalized spacial score (nSPS) is 12.2. The molecule has 1 aromatic carbocycles. The predicted molar refractivity (Wildman–Crippen MR) is 73.4 cm³/mol. The van der Waals surface area contributed by atoms with Crippen LogP contribution in [-0.4, -0.2) is 24.4 Å². The Labute approximate surface area is 110 Å². The maximum atomic E-state index is 9.57. The van der Waals surface area contributed by atoms with Crippen molar-refractivity contribution in [2.75, 3.05) is 13.2 Å². The van der Waals surface area contributed by atoms with Gasteiger partial charge < -0.3 is 14.6 Å². The molecular formula is C15H24O3. The first-order chi connectivity index (χ1) is 8.71. The van der Waals surface area contributed by atoms with Crippen LogP contribution in [0.4, 0.5) is 0 Å². The van der Waals surface area contributed by atoms with E-state index in [1.54, 1.807) is 0 Å². The Morgan fingerprint density at radius 3 is 2.33 bits per heavy atom. The van der Waals surface area contributed by atoms with Crippen molar-refractivity contribution >= 4 is 0 Å². The van der Waals surface area contributed by atoms with E-state index < -0.39 is 0 Å². The second-order valence-corrected chi connectivity index (χ2v) is 4.25. The minimum Gasteiger partial charge on any atom is -0.490 e. The molecule has 0 aliphatic rings. The molecule has 0 amide bonds. The molecule has 3 heteroatoms. The van der Waals surface area contributed by atoms with Crippen LogP contribution in [0.15, 0.2) is 18.2 Å². The van der Waals surface area contributed by atoms with E-state index in [9.17, 15) is 5.11 Å². The number of ether oxygens (including phenoxy) is 2. The molecule has 0 aromatic heterocycles. The summed E-state index contributed by atoms with van der Waals surface area (Å²) in [7, 11) is 0. The van der Waals surface area contributed by atoms with Gasteiger partial charge in [-0.25, -0.2) is 0 Å². The van der Waals surface area contributed by atoms with Gasteiger partial charge in [-0.3, -0.25) is 0 Å². The minimum absolute atomic E-state index is 0.216. The Kier molecular flexibility index (Phi) is 6.58. The number of aliphatic hydroxyl groups is 1. The molecule has 0 radical (unpaired) electrons. The van der Waals surface area contributed by atoms with Gasteiger partial charge >= 0.3 is 0 Å². The van der Waals surface area contributed by atoms with Crippen LogP contribution in [0, 0.1) is 0 Å². The highest BCUT2D eigenvalue weighted by atomic mass is 16.5. The Bertz CT molecular complexity index is 350. The lowest BCUT2D eigenvalue weighted by atomic mass is 10.0. The molecule has 0 fully saturated rings. The summed E-state index contributed by atoms with van der Waals surface area (Å²) in [6.07, 6.45) is 2.24. The Balaban J connectivity index is 2.72. The molecule has 18 heavy (non-hydrogen) atoms. The van der Waals surface area contributed by atoms with E-state index in [4.69, 9.17) is 9.47 Å². The fourth-order valence-corrected chi connectivity index (χ4v) is 1.79. The fraction of sp³-hybridized carbons (Fsp3) is 0.600. The van der Waals surface area contributed by atoms with Crippen molar-refractivity contribution in [2.24, 2.45) is 0 Å². The fourth-order valence-electron chi connectivity index (χ4n) is 1.79. The summed E-state index contributed by atoms with van der Waals surface area (Å²) >= 11 is 0. The highest BCUT2D eigenvalue weighted by Gasteiger charge is 2.07. The lowest BCUT2D eigenvalue weighted by molar-refractivity contribution is 0.160. The van der Waals surface area contributed by atoms with Crippen molar-refractivity contribution in [1.82, 2.24) is 0 Å². The zero-order valence-corrected chi connectivity index (χ0v) is 11.6. The van der Waals surface area contributed by atoms with Crippen LogP contribution in [0.1, 0.15) is 39.2 Å². The van der Waals surface area contributed by atoms with Gasteiger partial charge in [-0.05, 0) is 50.8 Å². The number of aryl methyl sites for hydroxylation is 1. The molecule has 102 valence electrons. The van der Waals surface area contributed by atoms with Gasteiger partial charge in [-0.15, -0.1) is 0 Å². The van der Waals surface area contributed by atoms with E-state index >= 15 is 0 Å². The third-order valence-corrected chi connectivity index (χ3v) is 2.85. The topological polar surface area (TPSA) is 38.7 Å². The first-order valence-electron chi connectivity index (χ1n) is 6.77. The summed E-state index contributed by atoms with van der Waals surface area (Å²) in [6.45, 7) is 7.17. The summed E-state index contributed by atoms with van der Waals surface area (Å²) in [5.41, 5.74) is 1.18. The highest BCUT2D eigenvalue weighted by molar-refractivity contribution is 5.43. The molecule has 0 spiro atoms. The van der Waals surface area contributed by atoms with Crippen molar-refractivity contribution in [3.8, 4) is 11.5 Å². The van der Waals surface area contributed by atoms with Gasteiger partial charge in [-0.1, -0.05) is 13.0 Å². The number of benzene rings is 1. The van der Waals surface area contributed by atoms with Gasteiger partial charge in [0.05, 0.1) is 19.3 Å². The molecule has 1 atom stereocenters. The maximum Gasteiger partial charge on any atom is 0.161 e. The van der Waals surface area contributed by atoms with Crippen LogP contribution in [0.3, 0.4) is 0 Å². The van der Waals surface area contributed by atoms with E-state index in [-0.39, 0.29) is 6.10 Å². The predicted octanol–water partition coefficient (Wildman–Crippen LogP) is 3.19. The zero-order chi connectivity index (χ0) is 13.4. The van der Waals surface area contributed by atoms with Gasteiger partial charge in [0.15, 0.2) is 11.5 Å². The maximum absolute atomic E-state index is 9.57. The van der Waals surface area contributed by atoms with Crippen LogP contribution >= 0.6 is 0 Å². The highest BCUT2D eigenvalue weighted by Crippen LogP contribution is 2.29. The van der Waals surface area contributed by atoms with E-state index in [2.05, 4.69) is 0 Å². The molecule has 1 unspecified atom stereocenters. The number of aliphatic hydroxyl groups excluding tert-OH is 1. The van der Waals surface area contributed by atoms with Crippen molar-refractivity contribution in [3.05, 3.63) is 23.8 Å². The van der Waals surface area contributed by atoms with Crippen LogP contribution in [0.5, 0.6) is 11.5 Å². The minimum atomic E-state index is -0.216. The number of rotatable bonds is 8. The monoisotopic (exact) mass is 252 g/mol. The van der Waals surface area contributed by atoms with Gasteiger partial charge in [-0.2, -0.15) is 0 Å². The first kappa shape index (κ1) is 14.8. The van der Waals surface area contributed by atoms with Gasteiger partial charge in [0.2, 0.25) is 0 Å². The lowest BCUT2D eigenvalue weighted by Crippen LogP contribution is -2.06. The molecule has 1 aromatic rings. The van der Waals surface area contributed by atoms with Gasteiger partial charge in [0.25, 0.3) is 0 Å². The lowest BCUT2D eigenvalue weighted by Gasteiger charge is -2.13. The quantitative estimate of drug-likeness (QED) is 0.772. The second kappa shape index (κ2) is 7.98. The molecule has 1 N–H and O–H groups in total. The van der Waals surface area contributed by atoms with E-state index in [1.807, 2.05) is 39.0 Å². The smallest absolute Gasteiger partial charge is 0.161 e. The SMILES string of the molecule is CCOc1ccc(CCC(O)CC)cc1OCC. The number of hydrogen-bond acceptors (Lipinski definition) is 3. The van der Waals surface area contributed by atoms with Crippen molar-refractivity contribution in [1.29, 1.82) is 0 Å². The van der Waals surface area contributed by atoms with Crippen LogP contribution in [-0.2, 0) is 6.42 Å². The molecule has 0 bridgehead atoms. The Morgan fingerprint density at radius 1 is 1.06 bits per heavy atom. The molecule has 0 saturated heterocycles. The van der Waals surface area contributed by atoms with Crippen LogP contribution in [0.25, 0.3) is 0 Å². The third kappa shape index (κ3) is 4.57. The van der Waals surface area contributed by atoms with Crippen molar-refractivity contribution in [2.45, 2.75) is 46.1 Å². The average Bonchev–Trinajstić information content (AvgIpc) is 2.39. The summed E-state index contributed by atoms with van der Waals surface area (Å²) < 4.78 is 11.1. The van der Waals surface area contributed by atoms with E-state index in [0.717, 1.165) is 30.8 Å².